The lowest BCUT2D eigenvalue weighted by molar-refractivity contribution is -0.115. The molecule has 0 unspecified atom stereocenters. The minimum Gasteiger partial charge on any atom is -0.378 e. The Labute approximate surface area is 119 Å². The highest BCUT2D eigenvalue weighted by molar-refractivity contribution is 5.90. The van der Waals surface area contributed by atoms with Crippen molar-refractivity contribution in [3.8, 4) is 0 Å². The molecule has 1 heterocycles. The Kier molecular flexibility index (Phi) is 4.76. The number of anilines is 2. The molecular formula is C15H20N4O. The number of rotatable bonds is 6. The van der Waals surface area contributed by atoms with Crippen LogP contribution < -0.4 is 10.6 Å². The summed E-state index contributed by atoms with van der Waals surface area (Å²) in [5.74, 6) is 1.03. The average Bonchev–Trinajstić information content (AvgIpc) is 2.94. The third kappa shape index (κ3) is 3.60. The van der Waals surface area contributed by atoms with Crippen LogP contribution in [0.25, 0.3) is 0 Å². The molecule has 2 rings (SSSR count). The van der Waals surface area contributed by atoms with Crippen LogP contribution in [0.4, 0.5) is 11.4 Å². The maximum Gasteiger partial charge on any atom is 0.224 e. The number of carbonyl (C=O) groups is 1. The van der Waals surface area contributed by atoms with Crippen molar-refractivity contribution < 1.29 is 4.79 Å². The van der Waals surface area contributed by atoms with Crippen molar-refractivity contribution in [2.45, 2.75) is 33.4 Å². The van der Waals surface area contributed by atoms with Gasteiger partial charge in [-0.3, -0.25) is 4.79 Å². The highest BCUT2D eigenvalue weighted by Gasteiger charge is 2.02. The normalized spacial score (nSPS) is 10.3. The van der Waals surface area contributed by atoms with Crippen LogP contribution in [-0.4, -0.2) is 15.5 Å². The number of hydrogen-bond donors (Lipinski definition) is 2. The average molecular weight is 272 g/mol. The predicted octanol–water partition coefficient (Wildman–Crippen LogP) is 2.86. The topological polar surface area (TPSA) is 59.0 Å². The molecule has 1 aromatic carbocycles. The lowest BCUT2D eigenvalue weighted by atomic mass is 10.2. The van der Waals surface area contributed by atoms with Crippen LogP contribution in [0.5, 0.6) is 0 Å². The Morgan fingerprint density at radius 1 is 1.20 bits per heavy atom. The number of aryl methyl sites for hydroxylation is 1. The first-order chi connectivity index (χ1) is 9.72. The van der Waals surface area contributed by atoms with Gasteiger partial charge in [-0.15, -0.1) is 0 Å². The molecule has 2 aromatic rings. The number of carbonyl (C=O) groups excluding carboxylic acids is 1. The number of imidazole rings is 1. The molecule has 5 nitrogen and oxygen atoms in total. The molecular weight excluding hydrogens is 252 g/mol. The Bertz CT molecular complexity index is 560. The fourth-order valence-electron chi connectivity index (χ4n) is 1.90. The van der Waals surface area contributed by atoms with E-state index in [-0.39, 0.29) is 5.91 Å². The summed E-state index contributed by atoms with van der Waals surface area (Å²) in [6.07, 6.45) is 4.27. The zero-order valence-electron chi connectivity index (χ0n) is 11.9. The van der Waals surface area contributed by atoms with E-state index in [4.69, 9.17) is 0 Å². The van der Waals surface area contributed by atoms with Gasteiger partial charge in [0.25, 0.3) is 0 Å². The van der Waals surface area contributed by atoms with E-state index < -0.39 is 0 Å². The van der Waals surface area contributed by atoms with Gasteiger partial charge in [-0.05, 0) is 31.2 Å². The van der Waals surface area contributed by atoms with E-state index in [9.17, 15) is 4.79 Å². The van der Waals surface area contributed by atoms with Gasteiger partial charge in [0.1, 0.15) is 5.82 Å². The van der Waals surface area contributed by atoms with Crippen molar-refractivity contribution >= 4 is 17.3 Å². The predicted molar refractivity (Wildman–Crippen MR) is 80.6 cm³/mol. The summed E-state index contributed by atoms with van der Waals surface area (Å²) in [4.78, 5) is 15.6. The lowest BCUT2D eigenvalue weighted by Crippen LogP contribution is -2.10. The van der Waals surface area contributed by atoms with Gasteiger partial charge >= 0.3 is 0 Å². The van der Waals surface area contributed by atoms with Crippen LogP contribution in [0.2, 0.25) is 0 Å². The Balaban J connectivity index is 1.92. The zero-order valence-corrected chi connectivity index (χ0v) is 11.9. The van der Waals surface area contributed by atoms with Crippen molar-refractivity contribution in [1.29, 1.82) is 0 Å². The summed E-state index contributed by atoms with van der Waals surface area (Å²) in [6.45, 7) is 5.53. The Morgan fingerprint density at radius 3 is 2.55 bits per heavy atom. The molecule has 2 N–H and O–H groups in total. The largest absolute Gasteiger partial charge is 0.378 e. The van der Waals surface area contributed by atoms with Crippen molar-refractivity contribution in [2.75, 3.05) is 10.6 Å². The molecule has 0 spiro atoms. The van der Waals surface area contributed by atoms with Gasteiger partial charge in [0.15, 0.2) is 0 Å². The van der Waals surface area contributed by atoms with Crippen molar-refractivity contribution in [3.63, 3.8) is 0 Å². The van der Waals surface area contributed by atoms with Gasteiger partial charge in [0, 0.05) is 36.7 Å². The van der Waals surface area contributed by atoms with E-state index >= 15 is 0 Å². The summed E-state index contributed by atoms with van der Waals surface area (Å²) >= 11 is 0. The zero-order chi connectivity index (χ0) is 14.4. The summed E-state index contributed by atoms with van der Waals surface area (Å²) in [5, 5.41) is 6.14. The molecule has 0 aliphatic carbocycles. The quantitative estimate of drug-likeness (QED) is 0.850. The van der Waals surface area contributed by atoms with E-state index in [1.165, 1.54) is 0 Å². The van der Waals surface area contributed by atoms with Crippen LogP contribution in [0, 0.1) is 0 Å². The fourth-order valence-corrected chi connectivity index (χ4v) is 1.90. The second-order valence-corrected chi connectivity index (χ2v) is 4.46. The van der Waals surface area contributed by atoms with Gasteiger partial charge < -0.3 is 15.2 Å². The molecule has 0 atom stereocenters. The van der Waals surface area contributed by atoms with Gasteiger partial charge in [-0.2, -0.15) is 0 Å². The maximum absolute atomic E-state index is 11.3. The van der Waals surface area contributed by atoms with E-state index in [1.54, 1.807) is 0 Å². The monoisotopic (exact) mass is 272 g/mol. The molecule has 0 bridgehead atoms. The third-order valence-corrected chi connectivity index (χ3v) is 3.08. The molecule has 0 aliphatic rings. The molecule has 0 fully saturated rings. The molecule has 1 amide bonds. The van der Waals surface area contributed by atoms with E-state index in [1.807, 2.05) is 43.6 Å². The highest BCUT2D eigenvalue weighted by Crippen LogP contribution is 2.14. The third-order valence-electron chi connectivity index (χ3n) is 3.08. The van der Waals surface area contributed by atoms with Crippen molar-refractivity contribution in [1.82, 2.24) is 9.55 Å². The molecule has 0 saturated heterocycles. The van der Waals surface area contributed by atoms with Crippen LogP contribution in [0.3, 0.4) is 0 Å². The SMILES string of the molecule is CCC(=O)Nc1ccc(NCc2nccn2CC)cc1. The summed E-state index contributed by atoms with van der Waals surface area (Å²) < 4.78 is 2.10. The fraction of sp³-hybridized carbons (Fsp3) is 0.333. The molecule has 20 heavy (non-hydrogen) atoms. The van der Waals surface area contributed by atoms with Gasteiger partial charge in [-0.25, -0.2) is 4.98 Å². The van der Waals surface area contributed by atoms with Crippen LogP contribution in [0.15, 0.2) is 36.7 Å². The van der Waals surface area contributed by atoms with Crippen molar-refractivity contribution in [3.05, 3.63) is 42.5 Å². The van der Waals surface area contributed by atoms with Crippen LogP contribution >= 0.6 is 0 Å². The molecule has 0 radical (unpaired) electrons. The first-order valence-electron chi connectivity index (χ1n) is 6.86. The second-order valence-electron chi connectivity index (χ2n) is 4.46. The number of nitrogens with one attached hydrogen (secondary N) is 2. The number of aromatic nitrogens is 2. The Hall–Kier alpha value is -2.30. The number of hydrogen-bond acceptors (Lipinski definition) is 3. The first kappa shape index (κ1) is 14.1. The standard InChI is InChI=1S/C15H20N4O/c1-3-15(20)18-13-7-5-12(6-8-13)17-11-14-16-9-10-19(14)4-2/h5-10,17H,3-4,11H2,1-2H3,(H,18,20). The van der Waals surface area contributed by atoms with Gasteiger partial charge in [0.2, 0.25) is 5.91 Å². The molecule has 0 saturated carbocycles. The molecule has 0 aliphatic heterocycles. The van der Waals surface area contributed by atoms with E-state index in [0.29, 0.717) is 13.0 Å². The Morgan fingerprint density at radius 2 is 1.90 bits per heavy atom. The molecule has 5 heteroatoms. The second kappa shape index (κ2) is 6.75. The minimum atomic E-state index is 0.0238. The maximum atomic E-state index is 11.3. The molecule has 1 aromatic heterocycles. The smallest absolute Gasteiger partial charge is 0.224 e. The van der Waals surface area contributed by atoms with Crippen LogP contribution in [-0.2, 0) is 17.9 Å². The number of nitrogens with zero attached hydrogens (tertiary/aromatic N) is 2. The highest BCUT2D eigenvalue weighted by atomic mass is 16.1. The molecule has 106 valence electrons. The van der Waals surface area contributed by atoms with Gasteiger partial charge in [0.05, 0.1) is 6.54 Å². The first-order valence-corrected chi connectivity index (χ1v) is 6.86. The van der Waals surface area contributed by atoms with Crippen molar-refractivity contribution in [2.24, 2.45) is 0 Å². The number of amides is 1. The summed E-state index contributed by atoms with van der Waals surface area (Å²) in [7, 11) is 0. The minimum absolute atomic E-state index is 0.0238. The summed E-state index contributed by atoms with van der Waals surface area (Å²) in [5.41, 5.74) is 1.82. The van der Waals surface area contributed by atoms with E-state index in [2.05, 4.69) is 27.1 Å². The number of benzene rings is 1. The van der Waals surface area contributed by atoms with E-state index in [0.717, 1.165) is 23.7 Å². The summed E-state index contributed by atoms with van der Waals surface area (Å²) in [6, 6.07) is 7.68. The van der Waals surface area contributed by atoms with Crippen LogP contribution in [0.1, 0.15) is 26.1 Å². The van der Waals surface area contributed by atoms with Gasteiger partial charge in [-0.1, -0.05) is 6.92 Å². The lowest BCUT2D eigenvalue weighted by Gasteiger charge is -2.09.